The van der Waals surface area contributed by atoms with Crippen molar-refractivity contribution in [1.82, 2.24) is 0 Å². The first-order valence-corrected chi connectivity index (χ1v) is 7.40. The maximum absolute atomic E-state index is 3.60. The summed E-state index contributed by atoms with van der Waals surface area (Å²) in [7, 11) is 0. The van der Waals surface area contributed by atoms with Gasteiger partial charge in [0.05, 0.1) is 0 Å². The fraction of sp³-hybridized carbons (Fsp3) is 0.100. The first-order valence-electron chi connectivity index (χ1n) is 7.40. The lowest BCUT2D eigenvalue weighted by molar-refractivity contribution is 1.13. The second-order valence-electron chi connectivity index (χ2n) is 5.50. The number of nitrogens with one attached hydrogen (secondary N) is 1. The highest BCUT2D eigenvalue weighted by molar-refractivity contribution is 5.81. The summed E-state index contributed by atoms with van der Waals surface area (Å²) in [4.78, 5) is 0. The van der Waals surface area contributed by atoms with Crippen molar-refractivity contribution >= 4 is 5.69 Å². The molecule has 0 bridgehead atoms. The zero-order valence-corrected chi connectivity index (χ0v) is 11.8. The van der Waals surface area contributed by atoms with E-state index in [0.29, 0.717) is 0 Å². The predicted molar refractivity (Wildman–Crippen MR) is 88.5 cm³/mol. The molecule has 0 atom stereocenters. The highest BCUT2D eigenvalue weighted by Gasteiger charge is 2.19. The van der Waals surface area contributed by atoms with E-state index in [9.17, 15) is 0 Å². The third-order valence-corrected chi connectivity index (χ3v) is 4.18. The molecule has 21 heavy (non-hydrogen) atoms. The summed E-state index contributed by atoms with van der Waals surface area (Å²) in [6.07, 6.45) is 1.03. The quantitative estimate of drug-likeness (QED) is 0.560. The van der Waals surface area contributed by atoms with Crippen molar-refractivity contribution in [2.24, 2.45) is 0 Å². The minimum atomic E-state index is 0.869. The molecule has 0 fully saturated rings. The van der Waals surface area contributed by atoms with Gasteiger partial charge in [0, 0.05) is 18.7 Å². The van der Waals surface area contributed by atoms with Gasteiger partial charge in [-0.3, -0.25) is 0 Å². The molecule has 0 aliphatic heterocycles. The van der Waals surface area contributed by atoms with Crippen LogP contribution < -0.4 is 5.32 Å². The highest BCUT2D eigenvalue weighted by Crippen LogP contribution is 2.39. The van der Waals surface area contributed by atoms with Crippen LogP contribution in [-0.2, 0) is 13.0 Å². The fourth-order valence-electron chi connectivity index (χ4n) is 3.12. The minimum Gasteiger partial charge on any atom is -0.381 e. The van der Waals surface area contributed by atoms with Crippen LogP contribution in [0.2, 0.25) is 0 Å². The van der Waals surface area contributed by atoms with E-state index in [1.54, 1.807) is 0 Å². The van der Waals surface area contributed by atoms with Gasteiger partial charge < -0.3 is 5.32 Å². The third kappa shape index (κ3) is 2.21. The molecule has 0 saturated carbocycles. The van der Waals surface area contributed by atoms with E-state index in [4.69, 9.17) is 0 Å². The molecule has 1 heteroatoms. The molecule has 3 aromatic rings. The summed E-state index contributed by atoms with van der Waals surface area (Å²) >= 11 is 0. The molecule has 0 heterocycles. The van der Waals surface area contributed by atoms with Gasteiger partial charge in [-0.15, -0.1) is 0 Å². The number of fused-ring (bicyclic) bond motifs is 3. The summed E-state index contributed by atoms with van der Waals surface area (Å²) in [5.41, 5.74) is 8.19. The number of hydrogen-bond donors (Lipinski definition) is 1. The van der Waals surface area contributed by atoms with Crippen molar-refractivity contribution in [2.45, 2.75) is 13.0 Å². The molecule has 102 valence electrons. The van der Waals surface area contributed by atoms with Crippen molar-refractivity contribution in [3.63, 3.8) is 0 Å². The summed E-state index contributed by atoms with van der Waals surface area (Å²) in [6, 6.07) is 25.8. The van der Waals surface area contributed by atoms with Crippen LogP contribution >= 0.6 is 0 Å². The van der Waals surface area contributed by atoms with Gasteiger partial charge in [0.15, 0.2) is 0 Å². The molecule has 0 spiro atoms. The van der Waals surface area contributed by atoms with E-state index in [2.05, 4.69) is 78.1 Å². The zero-order chi connectivity index (χ0) is 14.1. The van der Waals surface area contributed by atoms with Crippen molar-refractivity contribution < 1.29 is 0 Å². The van der Waals surface area contributed by atoms with Crippen LogP contribution in [-0.4, -0.2) is 0 Å². The number of benzene rings is 3. The molecule has 4 rings (SSSR count). The lowest BCUT2D eigenvalue weighted by atomic mass is 10.0. The van der Waals surface area contributed by atoms with Crippen molar-refractivity contribution in [3.8, 4) is 11.1 Å². The van der Waals surface area contributed by atoms with Gasteiger partial charge in [-0.25, -0.2) is 0 Å². The average molecular weight is 271 g/mol. The van der Waals surface area contributed by atoms with Crippen LogP contribution in [0, 0.1) is 0 Å². The van der Waals surface area contributed by atoms with Crippen molar-refractivity contribution in [2.75, 3.05) is 5.32 Å². The normalized spacial score (nSPS) is 11.8. The first-order chi connectivity index (χ1) is 10.4. The average Bonchev–Trinajstić information content (AvgIpc) is 2.93. The molecule has 0 aromatic heterocycles. The molecule has 1 nitrogen and oxygen atoms in total. The SMILES string of the molecule is c1ccc(CNc2cccc3c2Cc2ccccc2-3)cc1. The molecule has 0 amide bonds. The number of rotatable bonds is 3. The van der Waals surface area contributed by atoms with Gasteiger partial charge in [-0.1, -0.05) is 66.7 Å². The van der Waals surface area contributed by atoms with Crippen LogP contribution in [0.25, 0.3) is 11.1 Å². The van der Waals surface area contributed by atoms with Crippen LogP contribution in [0.4, 0.5) is 5.69 Å². The topological polar surface area (TPSA) is 12.0 Å². The largest absolute Gasteiger partial charge is 0.381 e. The molecule has 1 aliphatic carbocycles. The molecule has 1 aliphatic rings. The molecule has 3 aromatic carbocycles. The third-order valence-electron chi connectivity index (χ3n) is 4.18. The Morgan fingerprint density at radius 3 is 2.38 bits per heavy atom. The Labute approximate surface area is 125 Å². The van der Waals surface area contributed by atoms with Gasteiger partial charge in [0.2, 0.25) is 0 Å². The number of anilines is 1. The lowest BCUT2D eigenvalue weighted by Crippen LogP contribution is -2.01. The van der Waals surface area contributed by atoms with Gasteiger partial charge in [-0.05, 0) is 33.9 Å². The summed E-state index contributed by atoms with van der Waals surface area (Å²) in [5.74, 6) is 0. The van der Waals surface area contributed by atoms with Crippen LogP contribution in [0.3, 0.4) is 0 Å². The molecule has 1 N–H and O–H groups in total. The van der Waals surface area contributed by atoms with E-state index >= 15 is 0 Å². The molecule has 0 radical (unpaired) electrons. The monoisotopic (exact) mass is 271 g/mol. The van der Waals surface area contributed by atoms with E-state index in [-0.39, 0.29) is 0 Å². The summed E-state index contributed by atoms with van der Waals surface area (Å²) < 4.78 is 0. The van der Waals surface area contributed by atoms with E-state index < -0.39 is 0 Å². The van der Waals surface area contributed by atoms with Crippen LogP contribution in [0.5, 0.6) is 0 Å². The van der Waals surface area contributed by atoms with Crippen LogP contribution in [0.15, 0.2) is 72.8 Å². The summed E-state index contributed by atoms with van der Waals surface area (Å²) in [6.45, 7) is 0.869. The Kier molecular flexibility index (Phi) is 2.97. The van der Waals surface area contributed by atoms with Gasteiger partial charge in [-0.2, -0.15) is 0 Å². The Morgan fingerprint density at radius 2 is 1.48 bits per heavy atom. The van der Waals surface area contributed by atoms with Crippen molar-refractivity contribution in [3.05, 3.63) is 89.5 Å². The molecule has 0 unspecified atom stereocenters. The maximum Gasteiger partial charge on any atom is 0.0400 e. The minimum absolute atomic E-state index is 0.869. The van der Waals surface area contributed by atoms with E-state index in [0.717, 1.165) is 13.0 Å². The molecular formula is C20H17N. The molecular weight excluding hydrogens is 254 g/mol. The smallest absolute Gasteiger partial charge is 0.0400 e. The second-order valence-corrected chi connectivity index (χ2v) is 5.50. The fourth-order valence-corrected chi connectivity index (χ4v) is 3.12. The van der Waals surface area contributed by atoms with Crippen molar-refractivity contribution in [1.29, 1.82) is 0 Å². The van der Waals surface area contributed by atoms with Gasteiger partial charge in [0.25, 0.3) is 0 Å². The number of hydrogen-bond acceptors (Lipinski definition) is 1. The second kappa shape index (κ2) is 5.10. The Hall–Kier alpha value is -2.54. The lowest BCUT2D eigenvalue weighted by Gasteiger charge is -2.11. The Bertz CT molecular complexity index is 775. The summed E-state index contributed by atoms with van der Waals surface area (Å²) in [5, 5.41) is 3.60. The maximum atomic E-state index is 3.60. The Balaban J connectivity index is 1.64. The van der Waals surface area contributed by atoms with E-state index in [1.807, 2.05) is 0 Å². The first kappa shape index (κ1) is 12.2. The standard InChI is InChI=1S/C20H17N/c1-2-7-15(8-3-1)14-21-20-12-6-11-18-17-10-5-4-9-16(17)13-19(18)20/h1-12,21H,13-14H2. The van der Waals surface area contributed by atoms with Crippen LogP contribution in [0.1, 0.15) is 16.7 Å². The van der Waals surface area contributed by atoms with Gasteiger partial charge >= 0.3 is 0 Å². The highest BCUT2D eigenvalue weighted by atomic mass is 14.9. The van der Waals surface area contributed by atoms with Gasteiger partial charge in [0.1, 0.15) is 0 Å². The zero-order valence-electron chi connectivity index (χ0n) is 11.8. The Morgan fingerprint density at radius 1 is 0.714 bits per heavy atom. The van der Waals surface area contributed by atoms with E-state index in [1.165, 1.54) is 33.5 Å². The molecule has 0 saturated heterocycles. The predicted octanol–water partition coefficient (Wildman–Crippen LogP) is 4.87.